The number of aliphatic hydroxyl groups excluding tert-OH is 5. The van der Waals surface area contributed by atoms with Gasteiger partial charge < -0.3 is 44.5 Å². The second-order valence-corrected chi connectivity index (χ2v) is 15.6. The van der Waals surface area contributed by atoms with Gasteiger partial charge in [0, 0.05) is 17.8 Å². The van der Waals surface area contributed by atoms with Gasteiger partial charge >= 0.3 is 0 Å². The summed E-state index contributed by atoms with van der Waals surface area (Å²) in [4.78, 5) is 0. The van der Waals surface area contributed by atoms with Crippen LogP contribution in [0.25, 0.3) is 0 Å². The van der Waals surface area contributed by atoms with E-state index in [1.165, 1.54) is 0 Å². The Labute approximate surface area is 243 Å². The molecule has 7 aliphatic rings. The average molecular weight is 581 g/mol. The Kier molecular flexibility index (Phi) is 7.21. The molecule has 234 valence electrons. The molecule has 0 aromatic rings. The van der Waals surface area contributed by atoms with Gasteiger partial charge in [0.1, 0.15) is 24.4 Å². The highest BCUT2D eigenvalue weighted by atomic mass is 16.7. The normalized spacial score (nSPS) is 62.1. The Balaban J connectivity index is 1.15. The van der Waals surface area contributed by atoms with Gasteiger partial charge in [-0.15, -0.1) is 0 Å². The predicted octanol–water partition coefficient (Wildman–Crippen LogP) is 2.20. The Morgan fingerprint density at radius 1 is 0.780 bits per heavy atom. The van der Waals surface area contributed by atoms with E-state index in [1.54, 1.807) is 0 Å². The second kappa shape index (κ2) is 10.1. The fraction of sp³-hybridized carbons (Fsp3) is 1.00. The van der Waals surface area contributed by atoms with Crippen LogP contribution in [0, 0.1) is 52.3 Å². The smallest absolute Gasteiger partial charge is 0.186 e. The van der Waals surface area contributed by atoms with Crippen LogP contribution >= 0.6 is 0 Å². The fourth-order valence-electron chi connectivity index (χ4n) is 11.6. The van der Waals surface area contributed by atoms with E-state index in [1.807, 2.05) is 0 Å². The summed E-state index contributed by atoms with van der Waals surface area (Å²) in [6.45, 7) is 9.96. The predicted molar refractivity (Wildman–Crippen MR) is 147 cm³/mol. The summed E-state index contributed by atoms with van der Waals surface area (Å²) in [7, 11) is 0. The summed E-state index contributed by atoms with van der Waals surface area (Å²) in [5.41, 5.74) is -0.266. The second-order valence-electron chi connectivity index (χ2n) is 15.6. The Hall–Kier alpha value is -0.360. The number of hydrogen-bond donors (Lipinski definition) is 5. The summed E-state index contributed by atoms with van der Waals surface area (Å²) in [5, 5.41) is 53.2. The molecule has 0 aromatic carbocycles. The first-order chi connectivity index (χ1) is 19.4. The Bertz CT molecular complexity index is 986. The largest absolute Gasteiger partial charge is 0.390 e. The summed E-state index contributed by atoms with van der Waals surface area (Å²) < 4.78 is 25.4. The van der Waals surface area contributed by atoms with E-state index in [9.17, 15) is 25.5 Å². The highest BCUT2D eigenvalue weighted by molar-refractivity contribution is 5.17. The van der Waals surface area contributed by atoms with Gasteiger partial charge in [-0.3, -0.25) is 0 Å². The first kappa shape index (κ1) is 29.4. The SMILES string of the molecule is C[C@@H]1CC[C@@]2(OC1)O[C@H]1C[C@H]3[C@@H]4CC[C@@H]5C[C@H](O)[C@@H](O)[C@@H](O[C@@H]6OC[C@H](O)[C@H](O)[C@H]6O)[C@]5(C)[C@H]4CC[C@]3(C)[C@H]1[C@@H]2C. The van der Waals surface area contributed by atoms with Crippen LogP contribution in [-0.4, -0.2) is 93.6 Å². The topological polar surface area (TPSA) is 138 Å². The molecule has 0 unspecified atom stereocenters. The molecular weight excluding hydrogens is 528 g/mol. The van der Waals surface area contributed by atoms with Crippen LogP contribution in [-0.2, 0) is 18.9 Å². The van der Waals surface area contributed by atoms with Crippen molar-refractivity contribution in [1.29, 1.82) is 0 Å². The minimum absolute atomic E-state index is 0.161. The first-order valence-corrected chi connectivity index (χ1v) is 16.4. The maximum Gasteiger partial charge on any atom is 0.186 e. The minimum Gasteiger partial charge on any atom is -0.390 e. The highest BCUT2D eigenvalue weighted by Crippen LogP contribution is 2.71. The van der Waals surface area contributed by atoms with Gasteiger partial charge in [0.25, 0.3) is 0 Å². The van der Waals surface area contributed by atoms with Crippen molar-refractivity contribution in [3.05, 3.63) is 0 Å². The zero-order chi connectivity index (χ0) is 29.1. The number of fused-ring (bicyclic) bond motifs is 7. The molecule has 0 amide bonds. The van der Waals surface area contributed by atoms with E-state index in [-0.39, 0.29) is 30.0 Å². The third kappa shape index (κ3) is 4.13. The maximum atomic E-state index is 11.4. The van der Waals surface area contributed by atoms with Gasteiger partial charge in [0.05, 0.1) is 31.5 Å². The van der Waals surface area contributed by atoms with Crippen molar-refractivity contribution >= 4 is 0 Å². The third-order valence-corrected chi connectivity index (χ3v) is 13.8. The van der Waals surface area contributed by atoms with Gasteiger partial charge in [0.15, 0.2) is 12.1 Å². The Morgan fingerprint density at radius 2 is 1.56 bits per heavy atom. The van der Waals surface area contributed by atoms with Gasteiger partial charge in [-0.25, -0.2) is 0 Å². The lowest BCUT2D eigenvalue weighted by atomic mass is 9.43. The van der Waals surface area contributed by atoms with Crippen molar-refractivity contribution in [2.75, 3.05) is 13.2 Å². The molecule has 9 nitrogen and oxygen atoms in total. The van der Waals surface area contributed by atoms with Gasteiger partial charge in [-0.05, 0) is 85.9 Å². The molecule has 3 heterocycles. The zero-order valence-electron chi connectivity index (χ0n) is 25.1. The maximum absolute atomic E-state index is 11.4. The van der Waals surface area contributed by atoms with Crippen LogP contribution in [0.1, 0.15) is 79.1 Å². The highest BCUT2D eigenvalue weighted by Gasteiger charge is 2.70. The quantitative estimate of drug-likeness (QED) is 0.333. The van der Waals surface area contributed by atoms with E-state index in [0.29, 0.717) is 36.0 Å². The molecule has 5 N–H and O–H groups in total. The molecule has 41 heavy (non-hydrogen) atoms. The van der Waals surface area contributed by atoms with E-state index < -0.39 is 54.1 Å². The lowest BCUT2D eigenvalue weighted by Gasteiger charge is -2.64. The number of rotatable bonds is 2. The third-order valence-electron chi connectivity index (χ3n) is 13.8. The average Bonchev–Trinajstić information content (AvgIpc) is 3.39. The molecule has 7 fully saturated rings. The molecule has 0 bridgehead atoms. The van der Waals surface area contributed by atoms with E-state index in [2.05, 4.69) is 27.7 Å². The van der Waals surface area contributed by atoms with Crippen molar-refractivity contribution in [3.63, 3.8) is 0 Å². The molecule has 3 aliphatic heterocycles. The first-order valence-electron chi connectivity index (χ1n) is 16.4. The number of hydrogen-bond acceptors (Lipinski definition) is 9. The van der Waals surface area contributed by atoms with Crippen molar-refractivity contribution in [2.45, 2.75) is 134 Å². The molecule has 3 saturated heterocycles. The lowest BCUT2D eigenvalue weighted by molar-refractivity contribution is -0.328. The molecule has 1 spiro atoms. The van der Waals surface area contributed by atoms with E-state index >= 15 is 0 Å². The molecule has 4 saturated carbocycles. The zero-order valence-corrected chi connectivity index (χ0v) is 25.1. The molecule has 18 atom stereocenters. The summed E-state index contributed by atoms with van der Waals surface area (Å²) in [6, 6.07) is 0. The van der Waals surface area contributed by atoms with Crippen LogP contribution in [0.5, 0.6) is 0 Å². The fourth-order valence-corrected chi connectivity index (χ4v) is 11.6. The standard InChI is InChI=1S/C32H52O9/c1-15-7-10-32(39-13-15)16(2)24-23(41-32)12-20-18-6-5-17-11-21(33)26(36)28(31(17,4)19(18)8-9-30(20,24)3)40-29-27(37)25(35)22(34)14-38-29/h15-29,33-37H,5-14H2,1-4H3/t15-,16+,17-,18-,19+,20+,21+,22+,23+,24+,25+,26-,27-,28-,29+,30+,31+,32-/m1/s1. The van der Waals surface area contributed by atoms with E-state index in [0.717, 1.165) is 51.6 Å². The van der Waals surface area contributed by atoms with Crippen molar-refractivity contribution < 1.29 is 44.5 Å². The van der Waals surface area contributed by atoms with Crippen LogP contribution in [0.2, 0.25) is 0 Å². The number of ether oxygens (including phenoxy) is 4. The van der Waals surface area contributed by atoms with Crippen LogP contribution < -0.4 is 0 Å². The minimum atomic E-state index is -1.44. The van der Waals surface area contributed by atoms with Gasteiger partial charge in [0.2, 0.25) is 0 Å². The Morgan fingerprint density at radius 3 is 2.29 bits per heavy atom. The monoisotopic (exact) mass is 580 g/mol. The van der Waals surface area contributed by atoms with Gasteiger partial charge in [-0.1, -0.05) is 27.7 Å². The lowest BCUT2D eigenvalue weighted by Crippen LogP contribution is -2.66. The molecule has 9 heteroatoms. The van der Waals surface area contributed by atoms with Crippen molar-refractivity contribution in [1.82, 2.24) is 0 Å². The summed E-state index contributed by atoms with van der Waals surface area (Å²) in [6.07, 6.45) is 0.0615. The number of aliphatic hydroxyl groups is 5. The summed E-state index contributed by atoms with van der Waals surface area (Å²) >= 11 is 0. The van der Waals surface area contributed by atoms with E-state index in [4.69, 9.17) is 18.9 Å². The molecule has 4 aliphatic carbocycles. The van der Waals surface area contributed by atoms with Gasteiger partial charge in [-0.2, -0.15) is 0 Å². The molecule has 0 aromatic heterocycles. The van der Waals surface area contributed by atoms with Crippen LogP contribution in [0.4, 0.5) is 0 Å². The molecule has 0 radical (unpaired) electrons. The van der Waals surface area contributed by atoms with Crippen LogP contribution in [0.3, 0.4) is 0 Å². The molecule has 7 rings (SSSR count). The van der Waals surface area contributed by atoms with Crippen molar-refractivity contribution in [3.8, 4) is 0 Å². The van der Waals surface area contributed by atoms with Crippen molar-refractivity contribution in [2.24, 2.45) is 52.3 Å². The molecular formula is C32H52O9. The summed E-state index contributed by atoms with van der Waals surface area (Å²) in [5.74, 6) is 2.40. The van der Waals surface area contributed by atoms with Crippen LogP contribution in [0.15, 0.2) is 0 Å².